The molecule has 2 rings (SSSR count). The summed E-state index contributed by atoms with van der Waals surface area (Å²) in [5, 5.41) is 9.73. The molecule has 0 fully saturated rings. The maximum Gasteiger partial charge on any atom is 0.512 e. The van der Waals surface area contributed by atoms with Crippen molar-refractivity contribution in [1.82, 2.24) is 0 Å². The van der Waals surface area contributed by atoms with Gasteiger partial charge in [0.15, 0.2) is 5.06 Å². The van der Waals surface area contributed by atoms with E-state index in [1.54, 1.807) is 13.2 Å². The Kier molecular flexibility index (Phi) is 2.47. The van der Waals surface area contributed by atoms with E-state index in [4.69, 9.17) is 9.84 Å². The van der Waals surface area contributed by atoms with E-state index in [9.17, 15) is 4.79 Å². The van der Waals surface area contributed by atoms with Crippen molar-refractivity contribution >= 4 is 27.6 Å². The van der Waals surface area contributed by atoms with Crippen LogP contribution in [-0.2, 0) is 0 Å². The van der Waals surface area contributed by atoms with Gasteiger partial charge in [0.1, 0.15) is 5.75 Å². The third kappa shape index (κ3) is 1.87. The first-order chi connectivity index (χ1) is 7.20. The molecule has 0 aliphatic rings. The Balaban J connectivity index is 2.50. The third-order valence-corrected chi connectivity index (χ3v) is 2.94. The van der Waals surface area contributed by atoms with Crippen LogP contribution in [0.4, 0.5) is 4.79 Å². The molecule has 1 aromatic carbocycles. The average molecular weight is 224 g/mol. The van der Waals surface area contributed by atoms with Gasteiger partial charge < -0.3 is 14.6 Å². The molecule has 1 heterocycles. The first-order valence-corrected chi connectivity index (χ1v) is 4.99. The van der Waals surface area contributed by atoms with Gasteiger partial charge in [-0.15, -0.1) is 0 Å². The van der Waals surface area contributed by atoms with Crippen molar-refractivity contribution in [2.24, 2.45) is 0 Å². The zero-order valence-corrected chi connectivity index (χ0v) is 8.71. The molecular weight excluding hydrogens is 216 g/mol. The number of benzene rings is 1. The lowest BCUT2D eigenvalue weighted by Gasteiger charge is -1.98. The Labute approximate surface area is 89.7 Å². The summed E-state index contributed by atoms with van der Waals surface area (Å²) in [5.41, 5.74) is 0. The SMILES string of the molecule is COc1cccc2cc(OC(=O)O)sc12. The van der Waals surface area contributed by atoms with Crippen molar-refractivity contribution in [3.8, 4) is 10.8 Å². The smallest absolute Gasteiger partial charge is 0.495 e. The van der Waals surface area contributed by atoms with Crippen LogP contribution in [0.3, 0.4) is 0 Å². The van der Waals surface area contributed by atoms with Crippen molar-refractivity contribution in [2.75, 3.05) is 7.11 Å². The maximum atomic E-state index is 10.4. The molecule has 0 saturated heterocycles. The summed E-state index contributed by atoms with van der Waals surface area (Å²) in [6.07, 6.45) is -1.31. The largest absolute Gasteiger partial charge is 0.512 e. The highest BCUT2D eigenvalue weighted by atomic mass is 32.1. The molecule has 0 aliphatic carbocycles. The van der Waals surface area contributed by atoms with Crippen LogP contribution < -0.4 is 9.47 Å². The molecule has 0 unspecified atom stereocenters. The van der Waals surface area contributed by atoms with Crippen LogP contribution in [-0.4, -0.2) is 18.4 Å². The molecule has 0 amide bonds. The highest BCUT2D eigenvalue weighted by Crippen LogP contribution is 2.37. The van der Waals surface area contributed by atoms with Crippen LogP contribution in [0.15, 0.2) is 24.3 Å². The molecule has 0 atom stereocenters. The van der Waals surface area contributed by atoms with Crippen molar-refractivity contribution in [3.63, 3.8) is 0 Å². The topological polar surface area (TPSA) is 55.8 Å². The van der Waals surface area contributed by atoms with E-state index in [2.05, 4.69) is 4.74 Å². The molecule has 15 heavy (non-hydrogen) atoms. The number of hydrogen-bond donors (Lipinski definition) is 1. The molecule has 2 aromatic rings. The lowest BCUT2D eigenvalue weighted by molar-refractivity contribution is 0.146. The van der Waals surface area contributed by atoms with Gasteiger partial charge in [-0.3, -0.25) is 0 Å². The lowest BCUT2D eigenvalue weighted by Crippen LogP contribution is -2.00. The predicted octanol–water partition coefficient (Wildman–Crippen LogP) is 2.97. The van der Waals surface area contributed by atoms with Crippen LogP contribution in [0.5, 0.6) is 10.8 Å². The van der Waals surface area contributed by atoms with Gasteiger partial charge in [0.05, 0.1) is 11.8 Å². The predicted molar refractivity (Wildman–Crippen MR) is 57.0 cm³/mol. The van der Waals surface area contributed by atoms with Gasteiger partial charge in [-0.05, 0) is 6.07 Å². The van der Waals surface area contributed by atoms with E-state index in [0.29, 0.717) is 5.06 Å². The fourth-order valence-corrected chi connectivity index (χ4v) is 2.31. The number of hydrogen-bond acceptors (Lipinski definition) is 4. The summed E-state index contributed by atoms with van der Waals surface area (Å²) in [7, 11) is 1.58. The van der Waals surface area contributed by atoms with Crippen LogP contribution in [0.1, 0.15) is 0 Å². The molecule has 0 spiro atoms. The first-order valence-electron chi connectivity index (χ1n) is 4.18. The van der Waals surface area contributed by atoms with E-state index in [0.717, 1.165) is 15.8 Å². The fraction of sp³-hybridized carbons (Fsp3) is 0.100. The van der Waals surface area contributed by atoms with E-state index >= 15 is 0 Å². The van der Waals surface area contributed by atoms with Crippen molar-refractivity contribution in [1.29, 1.82) is 0 Å². The van der Waals surface area contributed by atoms with Gasteiger partial charge in [-0.25, -0.2) is 4.79 Å². The molecule has 0 aliphatic heterocycles. The second-order valence-electron chi connectivity index (χ2n) is 2.81. The molecule has 1 N–H and O–H groups in total. The third-order valence-electron chi connectivity index (χ3n) is 1.89. The molecule has 4 nitrogen and oxygen atoms in total. The summed E-state index contributed by atoms with van der Waals surface area (Å²) < 4.78 is 10.6. The summed E-state index contributed by atoms with van der Waals surface area (Å²) in [6.45, 7) is 0. The van der Waals surface area contributed by atoms with Crippen LogP contribution in [0.2, 0.25) is 0 Å². The molecule has 78 valence electrons. The van der Waals surface area contributed by atoms with Gasteiger partial charge in [0, 0.05) is 11.5 Å². The van der Waals surface area contributed by atoms with Gasteiger partial charge >= 0.3 is 6.16 Å². The lowest BCUT2D eigenvalue weighted by atomic mass is 10.2. The Hall–Kier alpha value is -1.75. The Morgan fingerprint density at radius 3 is 2.93 bits per heavy atom. The number of thiophene rings is 1. The standard InChI is InChI=1S/C10H8O4S/c1-13-7-4-2-3-6-5-8(14-10(11)12)15-9(6)7/h2-5H,1H3,(H,11,12). The number of fused-ring (bicyclic) bond motifs is 1. The van der Waals surface area contributed by atoms with E-state index in [1.807, 2.05) is 18.2 Å². The van der Waals surface area contributed by atoms with Crippen LogP contribution in [0.25, 0.3) is 10.1 Å². The molecule has 1 aromatic heterocycles. The monoisotopic (exact) mass is 224 g/mol. The minimum absolute atomic E-state index is 0.349. The highest BCUT2D eigenvalue weighted by molar-refractivity contribution is 7.21. The minimum atomic E-state index is -1.31. The fourth-order valence-electron chi connectivity index (χ4n) is 1.31. The highest BCUT2D eigenvalue weighted by Gasteiger charge is 2.09. The summed E-state index contributed by atoms with van der Waals surface area (Å²) in [4.78, 5) is 10.4. The van der Waals surface area contributed by atoms with E-state index < -0.39 is 6.16 Å². The van der Waals surface area contributed by atoms with Gasteiger partial charge in [0.25, 0.3) is 0 Å². The average Bonchev–Trinajstić information content (AvgIpc) is 2.58. The first kappa shape index (κ1) is 9.79. The van der Waals surface area contributed by atoms with Crippen molar-refractivity contribution < 1.29 is 19.4 Å². The van der Waals surface area contributed by atoms with Crippen LogP contribution in [0, 0.1) is 0 Å². The Morgan fingerprint density at radius 1 is 1.47 bits per heavy atom. The maximum absolute atomic E-state index is 10.4. The summed E-state index contributed by atoms with van der Waals surface area (Å²) in [5.74, 6) is 0.720. The molecule has 0 bridgehead atoms. The summed E-state index contributed by atoms with van der Waals surface area (Å²) >= 11 is 1.25. The second-order valence-corrected chi connectivity index (χ2v) is 3.83. The minimum Gasteiger partial charge on any atom is -0.495 e. The van der Waals surface area contributed by atoms with Crippen LogP contribution >= 0.6 is 11.3 Å². The number of carbonyl (C=O) groups is 1. The normalized spacial score (nSPS) is 10.2. The van der Waals surface area contributed by atoms with E-state index in [1.165, 1.54) is 11.3 Å². The molecule has 0 saturated carbocycles. The zero-order chi connectivity index (χ0) is 10.8. The van der Waals surface area contributed by atoms with Gasteiger partial charge in [-0.1, -0.05) is 23.5 Å². The number of rotatable bonds is 2. The van der Waals surface area contributed by atoms with E-state index in [-0.39, 0.29) is 0 Å². The van der Waals surface area contributed by atoms with Gasteiger partial charge in [0.2, 0.25) is 0 Å². The number of carboxylic acid groups (broad SMARTS) is 1. The quantitative estimate of drug-likeness (QED) is 0.797. The zero-order valence-electron chi connectivity index (χ0n) is 7.89. The van der Waals surface area contributed by atoms with Crippen molar-refractivity contribution in [2.45, 2.75) is 0 Å². The van der Waals surface area contributed by atoms with Crippen molar-refractivity contribution in [3.05, 3.63) is 24.3 Å². The second kappa shape index (κ2) is 3.78. The summed E-state index contributed by atoms with van der Waals surface area (Å²) in [6, 6.07) is 7.22. The Morgan fingerprint density at radius 2 is 2.27 bits per heavy atom. The molecule has 0 radical (unpaired) electrons. The number of methoxy groups -OCH3 is 1. The Bertz CT molecular complexity index is 503. The van der Waals surface area contributed by atoms with Gasteiger partial charge in [-0.2, -0.15) is 0 Å². The number of ether oxygens (including phenoxy) is 2. The molecule has 5 heteroatoms. The molecular formula is C10H8O4S.